The summed E-state index contributed by atoms with van der Waals surface area (Å²) >= 11 is 0. The van der Waals surface area contributed by atoms with E-state index in [1.165, 1.54) is 0 Å². The topological polar surface area (TPSA) is 71.1 Å². The Morgan fingerprint density at radius 1 is 0.684 bits per heavy atom. The van der Waals surface area contributed by atoms with Crippen LogP contribution < -0.4 is 18.9 Å². The Labute approximate surface area is 221 Å². The molecule has 0 aromatic heterocycles. The Balaban J connectivity index is 0.000000156. The van der Waals surface area contributed by atoms with E-state index in [1.54, 1.807) is 44.2 Å². The van der Waals surface area contributed by atoms with Gasteiger partial charge >= 0.3 is 0 Å². The molecule has 0 N–H and O–H groups in total. The highest BCUT2D eigenvalue weighted by Gasteiger charge is 2.39. The molecule has 2 heterocycles. The number of Topliss-reactive ketones (excluding diaryl/α,β-unsaturated/α-hetero) is 2. The number of carbonyl (C=O) groups is 2. The summed E-state index contributed by atoms with van der Waals surface area (Å²) in [6.07, 6.45) is 0. The molecule has 0 amide bonds. The predicted octanol–water partition coefficient (Wildman–Crippen LogP) is 6.46. The van der Waals surface area contributed by atoms with Crippen molar-refractivity contribution in [2.45, 2.75) is 32.7 Å². The fraction of sp³-hybridized carbons (Fsp3) is 0.188. The summed E-state index contributed by atoms with van der Waals surface area (Å²) in [5.74, 6) is 2.68. The Morgan fingerprint density at radius 2 is 1.21 bits per heavy atom. The van der Waals surface area contributed by atoms with Crippen molar-refractivity contribution >= 4 is 11.6 Å². The summed E-state index contributed by atoms with van der Waals surface area (Å²) in [5, 5.41) is 0. The van der Waals surface area contributed by atoms with Crippen molar-refractivity contribution in [3.63, 3.8) is 0 Å². The van der Waals surface area contributed by atoms with E-state index in [-0.39, 0.29) is 18.2 Å². The van der Waals surface area contributed by atoms with E-state index in [1.807, 2.05) is 66.7 Å². The Kier molecular flexibility index (Phi) is 7.13. The molecule has 0 saturated heterocycles. The van der Waals surface area contributed by atoms with Gasteiger partial charge in [-0.25, -0.2) is 0 Å². The second-order valence-corrected chi connectivity index (χ2v) is 9.52. The predicted molar refractivity (Wildman–Crippen MR) is 143 cm³/mol. The molecule has 0 saturated carbocycles. The van der Waals surface area contributed by atoms with Crippen molar-refractivity contribution in [1.29, 1.82) is 0 Å². The molecule has 6 rings (SSSR count). The third-order valence-electron chi connectivity index (χ3n) is 6.22. The van der Waals surface area contributed by atoms with Gasteiger partial charge in [-0.2, -0.15) is 0 Å². The highest BCUT2D eigenvalue weighted by atomic mass is 16.5. The minimum atomic E-state index is -0.777. The van der Waals surface area contributed by atoms with Crippen LogP contribution in [-0.2, 0) is 13.2 Å². The van der Waals surface area contributed by atoms with Crippen LogP contribution in [0.5, 0.6) is 23.0 Å². The van der Waals surface area contributed by atoms with Crippen LogP contribution >= 0.6 is 0 Å². The SMILES string of the molecule is CC1(C)Oc2cc(OCc3ccccc3)ccc2C1=O.O=C1COc2cc(OCc3ccccc3)ccc21. The smallest absolute Gasteiger partial charge is 0.209 e. The maximum atomic E-state index is 12.0. The molecule has 0 unspecified atom stereocenters. The number of ketones is 2. The lowest BCUT2D eigenvalue weighted by molar-refractivity contribution is 0.0684. The maximum absolute atomic E-state index is 12.0. The van der Waals surface area contributed by atoms with Crippen LogP contribution in [0, 0.1) is 0 Å². The van der Waals surface area contributed by atoms with Gasteiger partial charge in [-0.1, -0.05) is 60.7 Å². The molecule has 4 aromatic carbocycles. The van der Waals surface area contributed by atoms with Crippen LogP contribution in [0.15, 0.2) is 97.1 Å². The number of hydrogen-bond donors (Lipinski definition) is 0. The van der Waals surface area contributed by atoms with E-state index in [0.717, 1.165) is 11.1 Å². The largest absolute Gasteiger partial charge is 0.489 e. The van der Waals surface area contributed by atoms with E-state index >= 15 is 0 Å². The van der Waals surface area contributed by atoms with Crippen LogP contribution in [0.3, 0.4) is 0 Å². The quantitative estimate of drug-likeness (QED) is 0.298. The third-order valence-corrected chi connectivity index (χ3v) is 6.22. The van der Waals surface area contributed by atoms with Crippen molar-refractivity contribution in [3.8, 4) is 23.0 Å². The van der Waals surface area contributed by atoms with Crippen LogP contribution in [0.2, 0.25) is 0 Å². The Hall–Kier alpha value is -4.58. The first kappa shape index (κ1) is 25.1. The summed E-state index contributed by atoms with van der Waals surface area (Å²) in [5.41, 5.74) is 2.70. The summed E-state index contributed by atoms with van der Waals surface area (Å²) in [6.45, 7) is 4.70. The van der Waals surface area contributed by atoms with Crippen molar-refractivity contribution < 1.29 is 28.5 Å². The molecule has 0 radical (unpaired) electrons. The van der Waals surface area contributed by atoms with E-state index in [0.29, 0.717) is 47.3 Å². The van der Waals surface area contributed by atoms with E-state index in [2.05, 4.69) is 0 Å². The minimum absolute atomic E-state index is 0.0158. The summed E-state index contributed by atoms with van der Waals surface area (Å²) in [4.78, 5) is 23.4. The van der Waals surface area contributed by atoms with Crippen LogP contribution in [0.25, 0.3) is 0 Å². The highest BCUT2D eigenvalue weighted by molar-refractivity contribution is 6.07. The average Bonchev–Trinajstić information content (AvgIpc) is 3.42. The van der Waals surface area contributed by atoms with Gasteiger partial charge in [-0.15, -0.1) is 0 Å². The molecule has 38 heavy (non-hydrogen) atoms. The molecule has 0 fully saturated rings. The molecule has 6 heteroatoms. The first-order valence-corrected chi connectivity index (χ1v) is 12.4. The second kappa shape index (κ2) is 10.8. The van der Waals surface area contributed by atoms with E-state index in [4.69, 9.17) is 18.9 Å². The van der Waals surface area contributed by atoms with Crippen LogP contribution in [0.4, 0.5) is 0 Å². The zero-order chi connectivity index (χ0) is 26.5. The van der Waals surface area contributed by atoms with Gasteiger partial charge in [0.15, 0.2) is 12.2 Å². The summed E-state index contributed by atoms with van der Waals surface area (Å²) in [7, 11) is 0. The number of ether oxygens (including phenoxy) is 4. The number of fused-ring (bicyclic) bond motifs is 2. The van der Waals surface area contributed by atoms with Crippen LogP contribution in [0.1, 0.15) is 45.7 Å². The third kappa shape index (κ3) is 5.70. The van der Waals surface area contributed by atoms with Gasteiger partial charge in [0.2, 0.25) is 11.6 Å². The van der Waals surface area contributed by atoms with E-state index < -0.39 is 5.60 Å². The van der Waals surface area contributed by atoms with Gasteiger partial charge in [-0.3, -0.25) is 9.59 Å². The van der Waals surface area contributed by atoms with Gasteiger partial charge < -0.3 is 18.9 Å². The Morgan fingerprint density at radius 3 is 1.79 bits per heavy atom. The first-order valence-electron chi connectivity index (χ1n) is 12.4. The molecular formula is C32H28O6. The summed E-state index contributed by atoms with van der Waals surface area (Å²) in [6, 6.07) is 30.6. The number of carbonyl (C=O) groups excluding carboxylic acids is 2. The molecule has 192 valence electrons. The lowest BCUT2D eigenvalue weighted by Gasteiger charge is -2.15. The van der Waals surface area contributed by atoms with E-state index in [9.17, 15) is 9.59 Å². The van der Waals surface area contributed by atoms with Gasteiger partial charge in [0.25, 0.3) is 0 Å². The lowest BCUT2D eigenvalue weighted by Crippen LogP contribution is -2.31. The molecule has 6 nitrogen and oxygen atoms in total. The van der Waals surface area contributed by atoms with Crippen molar-refractivity contribution in [1.82, 2.24) is 0 Å². The van der Waals surface area contributed by atoms with Gasteiger partial charge in [0.1, 0.15) is 36.2 Å². The molecule has 0 atom stereocenters. The second-order valence-electron chi connectivity index (χ2n) is 9.52. The average molecular weight is 509 g/mol. The number of rotatable bonds is 6. The first-order chi connectivity index (χ1) is 18.4. The maximum Gasteiger partial charge on any atom is 0.209 e. The monoisotopic (exact) mass is 508 g/mol. The molecular weight excluding hydrogens is 480 g/mol. The number of hydrogen-bond acceptors (Lipinski definition) is 6. The fourth-order valence-electron chi connectivity index (χ4n) is 4.16. The van der Waals surface area contributed by atoms with Gasteiger partial charge in [-0.05, 0) is 49.2 Å². The Bertz CT molecular complexity index is 1440. The van der Waals surface area contributed by atoms with Crippen molar-refractivity contribution in [2.75, 3.05) is 6.61 Å². The number of benzene rings is 4. The standard InChI is InChI=1S/C17H16O3.C15H12O3/c1-17(2)16(18)14-9-8-13(10-15(14)20-17)19-11-12-6-4-3-5-7-12;16-14-10-18-15-8-12(6-7-13(14)15)17-9-11-4-2-1-3-5-11/h3-10H,11H2,1-2H3;1-8H,9-10H2. The summed E-state index contributed by atoms with van der Waals surface area (Å²) < 4.78 is 22.3. The normalized spacial score (nSPS) is 14.4. The zero-order valence-electron chi connectivity index (χ0n) is 21.3. The van der Waals surface area contributed by atoms with Crippen molar-refractivity contribution in [2.24, 2.45) is 0 Å². The lowest BCUT2D eigenvalue weighted by atomic mass is 10.00. The van der Waals surface area contributed by atoms with Gasteiger partial charge in [0, 0.05) is 12.1 Å². The van der Waals surface area contributed by atoms with Gasteiger partial charge in [0.05, 0.1) is 11.1 Å². The fourth-order valence-corrected chi connectivity index (χ4v) is 4.16. The molecule has 0 spiro atoms. The molecule has 2 aliphatic rings. The molecule has 2 aliphatic heterocycles. The zero-order valence-corrected chi connectivity index (χ0v) is 21.3. The molecule has 0 aliphatic carbocycles. The van der Waals surface area contributed by atoms with Crippen molar-refractivity contribution in [3.05, 3.63) is 119 Å². The minimum Gasteiger partial charge on any atom is -0.489 e. The van der Waals surface area contributed by atoms with Crippen LogP contribution in [-0.4, -0.2) is 23.8 Å². The molecule has 4 aromatic rings. The molecule has 0 bridgehead atoms. The highest BCUT2D eigenvalue weighted by Crippen LogP contribution is 2.37.